The second-order valence-electron chi connectivity index (χ2n) is 19.2. The molecule has 0 bridgehead atoms. The molecule has 0 aromatic carbocycles. The molecule has 0 N–H and O–H groups in total. The van der Waals surface area contributed by atoms with Crippen LogP contribution in [0.2, 0.25) is 0 Å². The molecule has 0 saturated heterocycles. The lowest BCUT2D eigenvalue weighted by molar-refractivity contribution is -0.166. The van der Waals surface area contributed by atoms with Gasteiger partial charge in [-0.3, -0.25) is 14.4 Å². The normalized spacial score (nSPS) is 12.9. The van der Waals surface area contributed by atoms with E-state index in [4.69, 9.17) is 14.2 Å². The van der Waals surface area contributed by atoms with E-state index < -0.39 is 12.1 Å². The highest BCUT2D eigenvalue weighted by Crippen LogP contribution is 2.16. The molecule has 0 aliphatic carbocycles. The van der Waals surface area contributed by atoms with Crippen molar-refractivity contribution in [1.29, 1.82) is 0 Å². The molecule has 1 atom stereocenters. The number of rotatable bonds is 52. The minimum Gasteiger partial charge on any atom is -0.462 e. The molecule has 0 heterocycles. The molecule has 0 aliphatic heterocycles. The average Bonchev–Trinajstić information content (AvgIpc) is 3.37. The summed E-state index contributed by atoms with van der Waals surface area (Å²) in [6.07, 6.45) is 80.1. The highest BCUT2D eigenvalue weighted by Gasteiger charge is 2.19. The van der Waals surface area contributed by atoms with E-state index in [1.807, 2.05) is 6.08 Å². The molecule has 71 heavy (non-hydrogen) atoms. The first-order chi connectivity index (χ1) is 35.0. The van der Waals surface area contributed by atoms with Crippen LogP contribution in [0.25, 0.3) is 0 Å². The molecule has 404 valence electrons. The average molecular weight is 986 g/mol. The van der Waals surface area contributed by atoms with Crippen LogP contribution in [0.15, 0.2) is 109 Å². The summed E-state index contributed by atoms with van der Waals surface area (Å²) in [4.78, 5) is 37.8. The summed E-state index contributed by atoms with van der Waals surface area (Å²) in [5.74, 6) is -1.05. The molecule has 0 spiro atoms. The smallest absolute Gasteiger partial charge is 0.310 e. The fraction of sp³-hybridized carbons (Fsp3) is 0.677. The molecule has 0 aromatic heterocycles. The lowest BCUT2D eigenvalue weighted by Crippen LogP contribution is -2.30. The van der Waals surface area contributed by atoms with Crippen molar-refractivity contribution in [2.75, 3.05) is 13.2 Å². The van der Waals surface area contributed by atoms with Crippen molar-refractivity contribution in [2.24, 2.45) is 0 Å². The van der Waals surface area contributed by atoms with Gasteiger partial charge in [0.15, 0.2) is 6.10 Å². The van der Waals surface area contributed by atoms with Crippen LogP contribution in [0, 0.1) is 0 Å². The van der Waals surface area contributed by atoms with Crippen LogP contribution < -0.4 is 0 Å². The molecular weight excluding hydrogens is 877 g/mol. The lowest BCUT2D eigenvalue weighted by atomic mass is 10.0. The van der Waals surface area contributed by atoms with E-state index in [9.17, 15) is 14.4 Å². The Morgan fingerprint density at radius 3 is 0.930 bits per heavy atom. The Hall–Kier alpha value is -3.93. The summed E-state index contributed by atoms with van der Waals surface area (Å²) in [5, 5.41) is 0. The SMILES string of the molecule is CC/C=C\C/C=C\C/C=C\C/C=C\C/C=C\CC(=O)OC(COC(=O)CCCCCCCCC)COC(=O)CCCCCCCCCCCCCCCCCCCC/C=C\C/C=C\C/C=C\C/C=C\CC. The molecule has 0 fully saturated rings. The van der Waals surface area contributed by atoms with Crippen LogP contribution in [0.1, 0.15) is 265 Å². The van der Waals surface area contributed by atoms with Gasteiger partial charge >= 0.3 is 17.9 Å². The van der Waals surface area contributed by atoms with E-state index in [0.29, 0.717) is 12.8 Å². The molecule has 0 rings (SSSR count). The zero-order valence-electron chi connectivity index (χ0n) is 46.2. The van der Waals surface area contributed by atoms with Gasteiger partial charge in [-0.2, -0.15) is 0 Å². The van der Waals surface area contributed by atoms with Crippen molar-refractivity contribution in [1.82, 2.24) is 0 Å². The summed E-state index contributed by atoms with van der Waals surface area (Å²) < 4.78 is 16.7. The third-order valence-corrected chi connectivity index (χ3v) is 12.3. The molecular formula is C65H108O6. The highest BCUT2D eigenvalue weighted by molar-refractivity contribution is 5.72. The van der Waals surface area contributed by atoms with E-state index in [0.717, 1.165) is 96.3 Å². The summed E-state index contributed by atoms with van der Waals surface area (Å²) >= 11 is 0. The van der Waals surface area contributed by atoms with Crippen LogP contribution in [0.3, 0.4) is 0 Å². The van der Waals surface area contributed by atoms with E-state index in [1.54, 1.807) is 6.08 Å². The first-order valence-electron chi connectivity index (χ1n) is 29.4. The van der Waals surface area contributed by atoms with Crippen molar-refractivity contribution >= 4 is 17.9 Å². The summed E-state index contributed by atoms with van der Waals surface area (Å²) in [6, 6.07) is 0. The van der Waals surface area contributed by atoms with E-state index in [1.165, 1.54) is 128 Å². The van der Waals surface area contributed by atoms with Gasteiger partial charge in [0.2, 0.25) is 0 Å². The number of ether oxygens (including phenoxy) is 3. The van der Waals surface area contributed by atoms with E-state index in [-0.39, 0.29) is 31.6 Å². The quantitative estimate of drug-likeness (QED) is 0.0261. The molecule has 0 saturated carbocycles. The summed E-state index contributed by atoms with van der Waals surface area (Å²) in [5.41, 5.74) is 0. The maximum atomic E-state index is 12.7. The first-order valence-corrected chi connectivity index (χ1v) is 29.4. The maximum absolute atomic E-state index is 12.7. The fourth-order valence-electron chi connectivity index (χ4n) is 7.98. The Balaban J connectivity index is 4.11. The summed E-state index contributed by atoms with van der Waals surface area (Å²) in [7, 11) is 0. The van der Waals surface area contributed by atoms with E-state index in [2.05, 4.69) is 118 Å². The standard InChI is InChI=1S/C65H108O6/c1-4-7-10-13-16-18-20-22-24-25-26-27-28-29-30-31-32-33-34-35-36-37-38-39-41-42-44-46-49-52-55-58-64(67)70-61-62(60-69-63(66)57-54-51-48-15-12-9-6-3)71-65(68)59-56-53-50-47-45-43-40-23-21-19-17-14-11-8-5-2/h7-8,10-11,16-19,22-24,26-27,40,45,47,53,56,62H,4-6,9,12-15,20-21,25,28-39,41-44,46,48-52,54-55,57-61H2,1-3H3/b10-7-,11-8-,18-16-,19-17-,24-22-,27-26-,40-23-,47-45-,56-53-. The number of unbranched alkanes of at least 4 members (excludes halogenated alkanes) is 24. The predicted octanol–water partition coefficient (Wildman–Crippen LogP) is 19.9. The summed E-state index contributed by atoms with van der Waals surface area (Å²) in [6.45, 7) is 6.29. The number of hydrogen-bond acceptors (Lipinski definition) is 6. The Morgan fingerprint density at radius 1 is 0.310 bits per heavy atom. The van der Waals surface area contributed by atoms with E-state index >= 15 is 0 Å². The largest absolute Gasteiger partial charge is 0.462 e. The maximum Gasteiger partial charge on any atom is 0.310 e. The van der Waals surface area contributed by atoms with Gasteiger partial charge in [-0.1, -0.05) is 271 Å². The van der Waals surface area contributed by atoms with Gasteiger partial charge in [-0.05, 0) is 83.5 Å². The molecule has 6 heteroatoms. The van der Waals surface area contributed by atoms with Crippen molar-refractivity contribution in [2.45, 2.75) is 271 Å². The number of carbonyl (C=O) groups is 3. The molecule has 0 amide bonds. The fourth-order valence-corrected chi connectivity index (χ4v) is 7.98. The number of carbonyl (C=O) groups excluding carboxylic acids is 3. The monoisotopic (exact) mass is 985 g/mol. The topological polar surface area (TPSA) is 78.9 Å². The van der Waals surface area contributed by atoms with Gasteiger partial charge in [-0.15, -0.1) is 0 Å². The Labute approximate surface area is 438 Å². The Morgan fingerprint density at radius 2 is 0.592 bits per heavy atom. The van der Waals surface area contributed by atoms with Crippen molar-refractivity contribution in [3.63, 3.8) is 0 Å². The van der Waals surface area contributed by atoms with Crippen LogP contribution >= 0.6 is 0 Å². The molecule has 0 radical (unpaired) electrons. The predicted molar refractivity (Wildman–Crippen MR) is 307 cm³/mol. The zero-order chi connectivity index (χ0) is 51.4. The van der Waals surface area contributed by atoms with Gasteiger partial charge < -0.3 is 14.2 Å². The highest BCUT2D eigenvalue weighted by atomic mass is 16.6. The minimum absolute atomic E-state index is 0.0970. The molecule has 1 unspecified atom stereocenters. The second-order valence-corrected chi connectivity index (χ2v) is 19.2. The van der Waals surface area contributed by atoms with Gasteiger partial charge in [0, 0.05) is 12.8 Å². The van der Waals surface area contributed by atoms with Crippen molar-refractivity contribution < 1.29 is 28.6 Å². The van der Waals surface area contributed by atoms with Crippen LogP contribution in [-0.2, 0) is 28.6 Å². The molecule has 6 nitrogen and oxygen atoms in total. The third-order valence-electron chi connectivity index (χ3n) is 12.3. The number of esters is 3. The van der Waals surface area contributed by atoms with Crippen LogP contribution in [0.4, 0.5) is 0 Å². The Kier molecular flexibility index (Phi) is 55.4. The van der Waals surface area contributed by atoms with Gasteiger partial charge in [0.05, 0.1) is 6.42 Å². The second kappa shape index (κ2) is 58.6. The molecule has 0 aliphatic rings. The van der Waals surface area contributed by atoms with Crippen molar-refractivity contribution in [3.05, 3.63) is 109 Å². The van der Waals surface area contributed by atoms with Gasteiger partial charge in [0.1, 0.15) is 13.2 Å². The van der Waals surface area contributed by atoms with Crippen LogP contribution in [0.5, 0.6) is 0 Å². The number of allylic oxidation sites excluding steroid dienone is 17. The Bertz CT molecular complexity index is 1460. The van der Waals surface area contributed by atoms with Crippen LogP contribution in [-0.4, -0.2) is 37.2 Å². The van der Waals surface area contributed by atoms with Gasteiger partial charge in [-0.25, -0.2) is 0 Å². The molecule has 0 aromatic rings. The van der Waals surface area contributed by atoms with Gasteiger partial charge in [0.25, 0.3) is 0 Å². The first kappa shape index (κ1) is 67.1. The zero-order valence-corrected chi connectivity index (χ0v) is 46.2. The minimum atomic E-state index is -0.828. The lowest BCUT2D eigenvalue weighted by Gasteiger charge is -2.18. The number of hydrogen-bond donors (Lipinski definition) is 0. The third kappa shape index (κ3) is 56.9. The van der Waals surface area contributed by atoms with Crippen molar-refractivity contribution in [3.8, 4) is 0 Å².